The van der Waals surface area contributed by atoms with Crippen molar-refractivity contribution in [2.75, 3.05) is 5.32 Å². The van der Waals surface area contributed by atoms with Gasteiger partial charge in [0, 0.05) is 16.9 Å². The first-order valence-electron chi connectivity index (χ1n) is 4.88. The minimum Gasteiger partial charge on any atom is -0.364 e. The molecule has 0 fully saturated rings. The molecule has 0 amide bonds. The highest BCUT2D eigenvalue weighted by atomic mass is 79.9. The van der Waals surface area contributed by atoms with E-state index in [1.807, 2.05) is 25.1 Å². The topological polar surface area (TPSA) is 50.7 Å². The summed E-state index contributed by atoms with van der Waals surface area (Å²) in [4.78, 5) is 12.6. The van der Waals surface area contributed by atoms with Gasteiger partial charge < -0.3 is 5.32 Å². The minimum atomic E-state index is 0.651. The van der Waals surface area contributed by atoms with Crippen LogP contribution in [0.5, 0.6) is 0 Å². The van der Waals surface area contributed by atoms with Crippen LogP contribution >= 0.6 is 15.9 Å². The second kappa shape index (κ2) is 5.03. The largest absolute Gasteiger partial charge is 0.364 e. The van der Waals surface area contributed by atoms with Gasteiger partial charge in [0.1, 0.15) is 11.6 Å². The van der Waals surface area contributed by atoms with Crippen molar-refractivity contribution in [3.63, 3.8) is 0 Å². The molecule has 0 saturated carbocycles. The van der Waals surface area contributed by atoms with Crippen LogP contribution in [0.2, 0.25) is 0 Å². The molecular formula is C11H11BrN4. The number of hydrogen-bond donors (Lipinski definition) is 1. The molecule has 2 rings (SSSR count). The Balaban J connectivity index is 1.99. The van der Waals surface area contributed by atoms with Crippen molar-refractivity contribution >= 4 is 21.7 Å². The summed E-state index contributed by atoms with van der Waals surface area (Å²) in [5.74, 6) is 1.61. The van der Waals surface area contributed by atoms with Crippen LogP contribution in [-0.4, -0.2) is 15.0 Å². The van der Waals surface area contributed by atoms with E-state index in [0.717, 1.165) is 21.8 Å². The summed E-state index contributed by atoms with van der Waals surface area (Å²) in [6, 6.07) is 5.75. The van der Waals surface area contributed by atoms with E-state index >= 15 is 0 Å². The van der Waals surface area contributed by atoms with E-state index in [4.69, 9.17) is 0 Å². The van der Waals surface area contributed by atoms with Gasteiger partial charge in [0.2, 0.25) is 0 Å². The first kappa shape index (κ1) is 11.0. The minimum absolute atomic E-state index is 0.651. The second-order valence-corrected chi connectivity index (χ2v) is 4.23. The van der Waals surface area contributed by atoms with Gasteiger partial charge in [-0.2, -0.15) is 0 Å². The average molecular weight is 279 g/mol. The standard InChI is InChI=1S/C11H11BrN4/c1-8-13-5-4-10(16-8)7-15-11-3-2-9(12)6-14-11/h2-6H,7H2,1H3,(H,14,15). The molecule has 16 heavy (non-hydrogen) atoms. The Kier molecular flexibility index (Phi) is 3.46. The molecule has 0 aliphatic rings. The lowest BCUT2D eigenvalue weighted by atomic mass is 10.4. The lowest BCUT2D eigenvalue weighted by Gasteiger charge is -2.05. The molecule has 0 bridgehead atoms. The molecule has 2 heterocycles. The number of hydrogen-bond acceptors (Lipinski definition) is 4. The number of aromatic nitrogens is 3. The van der Waals surface area contributed by atoms with Crippen molar-refractivity contribution in [2.45, 2.75) is 13.5 Å². The Morgan fingerprint density at radius 1 is 1.25 bits per heavy atom. The van der Waals surface area contributed by atoms with Crippen molar-refractivity contribution in [1.29, 1.82) is 0 Å². The van der Waals surface area contributed by atoms with Crippen LogP contribution in [0.25, 0.3) is 0 Å². The molecule has 2 aromatic heterocycles. The average Bonchev–Trinajstić information content (AvgIpc) is 2.28. The van der Waals surface area contributed by atoms with Crippen LogP contribution in [-0.2, 0) is 6.54 Å². The van der Waals surface area contributed by atoms with Gasteiger partial charge in [0.05, 0.1) is 12.2 Å². The highest BCUT2D eigenvalue weighted by Gasteiger charge is 1.97. The molecule has 0 atom stereocenters. The van der Waals surface area contributed by atoms with Gasteiger partial charge in [0.15, 0.2) is 0 Å². The maximum atomic E-state index is 4.30. The number of nitrogens with one attached hydrogen (secondary N) is 1. The van der Waals surface area contributed by atoms with Crippen LogP contribution in [0.4, 0.5) is 5.82 Å². The number of anilines is 1. The first-order chi connectivity index (χ1) is 7.74. The molecule has 2 aromatic rings. The highest BCUT2D eigenvalue weighted by Crippen LogP contribution is 2.11. The van der Waals surface area contributed by atoms with Crippen molar-refractivity contribution < 1.29 is 0 Å². The summed E-state index contributed by atoms with van der Waals surface area (Å²) in [7, 11) is 0. The molecule has 0 radical (unpaired) electrons. The third-order valence-corrected chi connectivity index (χ3v) is 2.48. The first-order valence-corrected chi connectivity index (χ1v) is 5.67. The normalized spacial score (nSPS) is 10.1. The summed E-state index contributed by atoms with van der Waals surface area (Å²) in [6.07, 6.45) is 3.52. The predicted molar refractivity (Wildman–Crippen MR) is 66.0 cm³/mol. The monoisotopic (exact) mass is 278 g/mol. The fraction of sp³-hybridized carbons (Fsp3) is 0.182. The van der Waals surface area contributed by atoms with E-state index in [1.54, 1.807) is 12.4 Å². The molecular weight excluding hydrogens is 268 g/mol. The van der Waals surface area contributed by atoms with E-state index < -0.39 is 0 Å². The zero-order valence-electron chi connectivity index (χ0n) is 8.81. The molecule has 0 spiro atoms. The Morgan fingerprint density at radius 2 is 2.12 bits per heavy atom. The van der Waals surface area contributed by atoms with Crippen molar-refractivity contribution in [3.8, 4) is 0 Å². The number of halogens is 1. The van der Waals surface area contributed by atoms with E-state index in [-0.39, 0.29) is 0 Å². The van der Waals surface area contributed by atoms with Gasteiger partial charge in [-0.15, -0.1) is 0 Å². The van der Waals surface area contributed by atoms with Gasteiger partial charge in [-0.3, -0.25) is 0 Å². The number of aryl methyl sites for hydroxylation is 1. The third kappa shape index (κ3) is 3.00. The summed E-state index contributed by atoms with van der Waals surface area (Å²) in [5, 5.41) is 3.19. The van der Waals surface area contributed by atoms with E-state index in [2.05, 4.69) is 36.2 Å². The predicted octanol–water partition coefficient (Wildman–Crippen LogP) is 2.55. The van der Waals surface area contributed by atoms with Crippen molar-refractivity contribution in [2.24, 2.45) is 0 Å². The summed E-state index contributed by atoms with van der Waals surface area (Å²) >= 11 is 3.34. The number of pyridine rings is 1. The molecule has 4 nitrogen and oxygen atoms in total. The fourth-order valence-corrected chi connectivity index (χ4v) is 1.50. The lowest BCUT2D eigenvalue weighted by Crippen LogP contribution is -2.04. The fourth-order valence-electron chi connectivity index (χ4n) is 1.27. The summed E-state index contributed by atoms with van der Waals surface area (Å²) < 4.78 is 0.968. The SMILES string of the molecule is Cc1nccc(CNc2ccc(Br)cn2)n1. The summed E-state index contributed by atoms with van der Waals surface area (Å²) in [5.41, 5.74) is 0.956. The van der Waals surface area contributed by atoms with Crippen molar-refractivity contribution in [3.05, 3.63) is 46.6 Å². The molecule has 1 N–H and O–H groups in total. The van der Waals surface area contributed by atoms with Gasteiger partial charge >= 0.3 is 0 Å². The molecule has 5 heteroatoms. The van der Waals surface area contributed by atoms with Crippen molar-refractivity contribution in [1.82, 2.24) is 15.0 Å². The van der Waals surface area contributed by atoms with E-state index in [9.17, 15) is 0 Å². The lowest BCUT2D eigenvalue weighted by molar-refractivity contribution is 0.950. The number of nitrogens with zero attached hydrogens (tertiary/aromatic N) is 3. The Labute approximate surface area is 102 Å². The van der Waals surface area contributed by atoms with Gasteiger partial charge in [-0.05, 0) is 41.1 Å². The maximum Gasteiger partial charge on any atom is 0.126 e. The summed E-state index contributed by atoms with van der Waals surface area (Å²) in [6.45, 7) is 2.53. The van der Waals surface area contributed by atoms with Crippen LogP contribution in [0.3, 0.4) is 0 Å². The molecule has 0 saturated heterocycles. The molecule has 0 aliphatic heterocycles. The molecule has 0 aliphatic carbocycles. The van der Waals surface area contributed by atoms with Gasteiger partial charge in [0.25, 0.3) is 0 Å². The Hall–Kier alpha value is -1.49. The third-order valence-electron chi connectivity index (χ3n) is 2.01. The number of rotatable bonds is 3. The van der Waals surface area contributed by atoms with Crippen LogP contribution < -0.4 is 5.32 Å². The van der Waals surface area contributed by atoms with Gasteiger partial charge in [-0.1, -0.05) is 0 Å². The second-order valence-electron chi connectivity index (χ2n) is 3.31. The van der Waals surface area contributed by atoms with Crippen LogP contribution in [0, 0.1) is 6.92 Å². The molecule has 0 aromatic carbocycles. The van der Waals surface area contributed by atoms with E-state index in [1.165, 1.54) is 0 Å². The van der Waals surface area contributed by atoms with E-state index in [0.29, 0.717) is 6.54 Å². The zero-order valence-corrected chi connectivity index (χ0v) is 10.4. The zero-order chi connectivity index (χ0) is 11.4. The quantitative estimate of drug-likeness (QED) is 0.938. The molecule has 82 valence electrons. The maximum absolute atomic E-state index is 4.30. The smallest absolute Gasteiger partial charge is 0.126 e. The Morgan fingerprint density at radius 3 is 2.81 bits per heavy atom. The Bertz CT molecular complexity index is 470. The van der Waals surface area contributed by atoms with Crippen LogP contribution in [0.15, 0.2) is 35.1 Å². The van der Waals surface area contributed by atoms with Gasteiger partial charge in [-0.25, -0.2) is 15.0 Å². The van der Waals surface area contributed by atoms with Crippen LogP contribution in [0.1, 0.15) is 11.5 Å². The highest BCUT2D eigenvalue weighted by molar-refractivity contribution is 9.10. The molecule has 0 unspecified atom stereocenters.